The van der Waals surface area contributed by atoms with E-state index in [1.807, 2.05) is 0 Å². The number of carbonyl (C=O) groups excluding carboxylic acids is 1. The van der Waals surface area contributed by atoms with Gasteiger partial charge in [0.05, 0.1) is 12.0 Å². The lowest BCUT2D eigenvalue weighted by atomic mass is 9.91. The van der Waals surface area contributed by atoms with E-state index in [0.29, 0.717) is 18.6 Å². The third-order valence-corrected chi connectivity index (χ3v) is 18.4. The van der Waals surface area contributed by atoms with Crippen molar-refractivity contribution in [3.05, 3.63) is 0 Å². The Bertz CT molecular complexity index is 1140. The molecule has 2 N–H and O–H groups in total. The number of hydrogen-bond donors (Lipinski definition) is 2. The van der Waals surface area contributed by atoms with Crippen LogP contribution in [-0.2, 0) is 9.59 Å². The minimum absolute atomic E-state index is 0.280. The summed E-state index contributed by atoms with van der Waals surface area (Å²) in [5.41, 5.74) is 0. The van der Waals surface area contributed by atoms with E-state index in [9.17, 15) is 19.8 Å². The summed E-state index contributed by atoms with van der Waals surface area (Å²) in [5.74, 6) is -0.579. The Balaban J connectivity index is 3.36. The van der Waals surface area contributed by atoms with Gasteiger partial charge in [-0.1, -0.05) is 412 Å². The zero-order valence-electron chi connectivity index (χ0n) is 54.1. The molecule has 0 bridgehead atoms. The second-order valence-corrected chi connectivity index (χ2v) is 26.2. The van der Waals surface area contributed by atoms with E-state index in [0.717, 1.165) is 44.9 Å². The molecular weight excluding hydrogens is 953 g/mol. The maximum Gasteiger partial charge on any atom is 0.309 e. The van der Waals surface area contributed by atoms with Gasteiger partial charge in [0.15, 0.2) is 0 Å². The normalized spacial score (nSPS) is 12.9. The summed E-state index contributed by atoms with van der Waals surface area (Å²) < 4.78 is 0. The first kappa shape index (κ1) is 77.1. The lowest BCUT2D eigenvalue weighted by molar-refractivity contribution is -0.146. The zero-order chi connectivity index (χ0) is 56.6. The van der Waals surface area contributed by atoms with Gasteiger partial charge in [-0.05, 0) is 25.7 Å². The van der Waals surface area contributed by atoms with Crippen molar-refractivity contribution >= 4 is 11.8 Å². The Morgan fingerprint density at radius 1 is 0.256 bits per heavy atom. The van der Waals surface area contributed by atoms with Crippen molar-refractivity contribution in [3.63, 3.8) is 0 Å². The number of unbranched alkanes of at least 4 members (excludes halogenated alkanes) is 59. The van der Waals surface area contributed by atoms with Crippen LogP contribution >= 0.6 is 0 Å². The largest absolute Gasteiger partial charge is 0.481 e. The number of hydrogen-bond acceptors (Lipinski definition) is 3. The summed E-state index contributed by atoms with van der Waals surface area (Å²) in [7, 11) is 0. The minimum atomic E-state index is -0.803. The molecule has 3 atom stereocenters. The van der Waals surface area contributed by atoms with Crippen molar-refractivity contribution in [2.45, 2.75) is 451 Å². The van der Waals surface area contributed by atoms with Crippen LogP contribution in [0.15, 0.2) is 0 Å². The lowest BCUT2D eigenvalue weighted by Crippen LogP contribution is -2.28. The summed E-state index contributed by atoms with van der Waals surface area (Å²) >= 11 is 0. The van der Waals surface area contributed by atoms with E-state index in [2.05, 4.69) is 20.8 Å². The van der Waals surface area contributed by atoms with Crippen LogP contribution in [0.2, 0.25) is 0 Å². The van der Waals surface area contributed by atoms with Crippen LogP contribution in [0.25, 0.3) is 0 Å². The molecule has 0 spiro atoms. The van der Waals surface area contributed by atoms with Crippen molar-refractivity contribution in [2.75, 3.05) is 0 Å². The second-order valence-electron chi connectivity index (χ2n) is 26.2. The van der Waals surface area contributed by atoms with Crippen LogP contribution in [0.4, 0.5) is 0 Å². The Morgan fingerprint density at radius 3 is 0.654 bits per heavy atom. The first-order valence-corrected chi connectivity index (χ1v) is 36.9. The summed E-state index contributed by atoms with van der Waals surface area (Å²) in [6.45, 7) is 6.77. The number of carboxylic acid groups (broad SMARTS) is 1. The highest BCUT2D eigenvalue weighted by Crippen LogP contribution is 2.23. The average Bonchev–Trinajstić information content (AvgIpc) is 3.43. The Hall–Kier alpha value is -0.900. The highest BCUT2D eigenvalue weighted by Gasteiger charge is 2.25. The van der Waals surface area contributed by atoms with E-state index in [1.165, 1.54) is 366 Å². The molecule has 0 saturated carbocycles. The molecule has 0 aliphatic carbocycles. The van der Waals surface area contributed by atoms with E-state index in [4.69, 9.17) is 0 Å². The molecule has 4 nitrogen and oxygen atoms in total. The highest BCUT2D eigenvalue weighted by atomic mass is 16.4. The van der Waals surface area contributed by atoms with Crippen molar-refractivity contribution in [3.8, 4) is 0 Å². The molecule has 0 aliphatic rings. The number of aliphatic hydroxyl groups excluding tert-OH is 1. The molecule has 0 saturated heterocycles. The fourth-order valence-electron chi connectivity index (χ4n) is 12.6. The summed E-state index contributed by atoms with van der Waals surface area (Å²) in [6, 6.07) is 0. The van der Waals surface area contributed by atoms with Gasteiger partial charge in [-0.2, -0.15) is 0 Å². The molecule has 0 amide bonds. The number of rotatable bonds is 70. The Labute approximate surface area is 491 Å². The van der Waals surface area contributed by atoms with Crippen LogP contribution in [-0.4, -0.2) is 28.1 Å². The summed E-state index contributed by atoms with van der Waals surface area (Å²) in [6.07, 6.45) is 87.1. The van der Waals surface area contributed by atoms with Crippen LogP contribution in [0.1, 0.15) is 445 Å². The predicted molar refractivity (Wildman–Crippen MR) is 347 cm³/mol. The molecule has 4 heteroatoms. The third-order valence-electron chi connectivity index (χ3n) is 18.4. The molecule has 0 rings (SSSR count). The SMILES string of the molecule is CCCCCCCCCCCCCCCCCCCCC(C(=O)O)C(O)CCCCCCCCCCCCCCCCCCCCCCCCCCCCCCCCC(=O)C(C)CCCCCCCCCCCCCCCC. The molecule has 0 aromatic heterocycles. The van der Waals surface area contributed by atoms with Crippen LogP contribution in [0.3, 0.4) is 0 Å². The number of Topliss-reactive ketones (excluding diaryl/α,β-unsaturated/α-hetero) is 1. The molecule has 0 fully saturated rings. The smallest absolute Gasteiger partial charge is 0.309 e. The fourth-order valence-corrected chi connectivity index (χ4v) is 12.6. The van der Waals surface area contributed by atoms with Gasteiger partial charge in [0.2, 0.25) is 0 Å². The van der Waals surface area contributed by atoms with Gasteiger partial charge in [-0.15, -0.1) is 0 Å². The third kappa shape index (κ3) is 61.2. The van der Waals surface area contributed by atoms with Crippen molar-refractivity contribution in [1.29, 1.82) is 0 Å². The minimum Gasteiger partial charge on any atom is -0.481 e. The van der Waals surface area contributed by atoms with Crippen LogP contribution in [0.5, 0.6) is 0 Å². The van der Waals surface area contributed by atoms with Gasteiger partial charge in [0, 0.05) is 12.3 Å². The number of aliphatic carboxylic acids is 1. The van der Waals surface area contributed by atoms with Crippen molar-refractivity contribution < 1.29 is 19.8 Å². The lowest BCUT2D eigenvalue weighted by Gasteiger charge is -2.19. The van der Waals surface area contributed by atoms with Gasteiger partial charge in [-0.3, -0.25) is 9.59 Å². The number of carbonyl (C=O) groups is 2. The van der Waals surface area contributed by atoms with Gasteiger partial charge >= 0.3 is 5.97 Å². The predicted octanol–water partition coefficient (Wildman–Crippen LogP) is 26.0. The molecule has 0 radical (unpaired) electrons. The first-order chi connectivity index (χ1) is 38.4. The van der Waals surface area contributed by atoms with Gasteiger partial charge in [0.1, 0.15) is 5.78 Å². The standard InChI is InChI=1S/C74H146O4/c1-4-6-8-10-12-14-16-18-20-21-36-39-43-47-51-55-59-63-67-71(74(77)78)73(76)69-65-61-57-53-49-45-41-38-35-33-31-29-27-25-23-22-24-26-28-30-32-34-37-40-44-48-52-56-60-64-68-72(75)70(3)66-62-58-54-50-46-42-19-17-15-13-11-9-7-5-2/h70-71,73,76H,4-69H2,1-3H3,(H,77,78). The van der Waals surface area contributed by atoms with Crippen LogP contribution in [0, 0.1) is 11.8 Å². The highest BCUT2D eigenvalue weighted by molar-refractivity contribution is 5.80. The summed E-state index contributed by atoms with van der Waals surface area (Å²) in [5, 5.41) is 20.5. The van der Waals surface area contributed by atoms with Crippen LogP contribution < -0.4 is 0 Å². The van der Waals surface area contributed by atoms with Gasteiger partial charge in [0.25, 0.3) is 0 Å². The maximum absolute atomic E-state index is 12.6. The fraction of sp³-hybridized carbons (Fsp3) is 0.973. The monoisotopic (exact) mass is 1100 g/mol. The summed E-state index contributed by atoms with van der Waals surface area (Å²) in [4.78, 5) is 24.5. The van der Waals surface area contributed by atoms with E-state index < -0.39 is 18.0 Å². The van der Waals surface area contributed by atoms with Gasteiger partial charge < -0.3 is 10.2 Å². The first-order valence-electron chi connectivity index (χ1n) is 36.9. The molecule has 0 aromatic carbocycles. The van der Waals surface area contributed by atoms with Gasteiger partial charge in [-0.25, -0.2) is 0 Å². The second kappa shape index (κ2) is 66.9. The maximum atomic E-state index is 12.6. The molecule has 466 valence electrons. The molecular formula is C74H146O4. The van der Waals surface area contributed by atoms with E-state index in [-0.39, 0.29) is 5.92 Å². The average molecular weight is 1100 g/mol. The number of aliphatic hydroxyl groups is 1. The number of ketones is 1. The Morgan fingerprint density at radius 2 is 0.436 bits per heavy atom. The molecule has 3 unspecified atom stereocenters. The molecule has 0 aromatic rings. The number of carboxylic acids is 1. The van der Waals surface area contributed by atoms with E-state index >= 15 is 0 Å². The Kier molecular flexibility index (Phi) is 66.1. The quantitative estimate of drug-likeness (QED) is 0.0595. The van der Waals surface area contributed by atoms with Crippen molar-refractivity contribution in [2.24, 2.45) is 11.8 Å². The molecule has 0 heterocycles. The van der Waals surface area contributed by atoms with Crippen molar-refractivity contribution in [1.82, 2.24) is 0 Å². The zero-order valence-corrected chi connectivity index (χ0v) is 54.1. The molecule has 78 heavy (non-hydrogen) atoms. The molecule has 0 aliphatic heterocycles. The topological polar surface area (TPSA) is 74.6 Å². The van der Waals surface area contributed by atoms with E-state index in [1.54, 1.807) is 0 Å².